The van der Waals surface area contributed by atoms with Crippen LogP contribution in [0.5, 0.6) is 0 Å². The highest BCUT2D eigenvalue weighted by molar-refractivity contribution is 5.90. The maximum Gasteiger partial charge on any atom is 0.295 e. The van der Waals surface area contributed by atoms with Gasteiger partial charge >= 0.3 is 0 Å². The lowest BCUT2D eigenvalue weighted by Gasteiger charge is -2.07. The van der Waals surface area contributed by atoms with E-state index >= 15 is 0 Å². The van der Waals surface area contributed by atoms with Crippen LogP contribution in [0.15, 0.2) is 30.5 Å². The Morgan fingerprint density at radius 2 is 2.20 bits per heavy atom. The number of hydrogen-bond donors (Lipinski definition) is 2. The number of hydrogen-bond acceptors (Lipinski definition) is 5. The molecule has 1 aromatic carbocycles. The zero-order chi connectivity index (χ0) is 14.9. The summed E-state index contributed by atoms with van der Waals surface area (Å²) in [5, 5.41) is 24.4. The number of nitro benzene ring substituents is 1. The predicted molar refractivity (Wildman–Crippen MR) is 69.4 cm³/mol. The fourth-order valence-corrected chi connectivity index (χ4v) is 1.73. The van der Waals surface area contributed by atoms with Gasteiger partial charge in [-0.05, 0) is 24.6 Å². The molecule has 8 nitrogen and oxygen atoms in total. The molecule has 3 N–H and O–H groups in total. The molecule has 1 unspecified atom stereocenters. The van der Waals surface area contributed by atoms with Crippen molar-refractivity contribution in [2.24, 2.45) is 5.73 Å². The topological polar surface area (TPSA) is 124 Å². The van der Waals surface area contributed by atoms with Gasteiger partial charge < -0.3 is 10.8 Å². The average molecular weight is 276 g/mol. The third-order valence-electron chi connectivity index (χ3n) is 2.77. The van der Waals surface area contributed by atoms with E-state index in [0.717, 1.165) is 0 Å². The lowest BCUT2D eigenvalue weighted by Crippen LogP contribution is -2.12. The number of nitrogens with zero attached hydrogens (tertiary/aromatic N) is 3. The molecule has 104 valence electrons. The van der Waals surface area contributed by atoms with Crippen LogP contribution >= 0.6 is 0 Å². The van der Waals surface area contributed by atoms with E-state index in [0.29, 0.717) is 5.56 Å². The van der Waals surface area contributed by atoms with Crippen LogP contribution in [0, 0.1) is 10.1 Å². The van der Waals surface area contributed by atoms with Gasteiger partial charge in [0, 0.05) is 12.3 Å². The van der Waals surface area contributed by atoms with Crippen LogP contribution in [0.3, 0.4) is 0 Å². The summed E-state index contributed by atoms with van der Waals surface area (Å²) in [4.78, 5) is 21.5. The van der Waals surface area contributed by atoms with Crippen LogP contribution < -0.4 is 5.73 Å². The van der Waals surface area contributed by atoms with E-state index in [1.807, 2.05) is 0 Å². The Hall–Kier alpha value is -2.74. The summed E-state index contributed by atoms with van der Waals surface area (Å²) in [5.41, 5.74) is 5.48. The fourth-order valence-electron chi connectivity index (χ4n) is 1.73. The van der Waals surface area contributed by atoms with Gasteiger partial charge in [-0.25, -0.2) is 4.68 Å². The van der Waals surface area contributed by atoms with Gasteiger partial charge in [0.25, 0.3) is 11.6 Å². The van der Waals surface area contributed by atoms with Crippen molar-refractivity contribution >= 4 is 11.6 Å². The van der Waals surface area contributed by atoms with Crippen LogP contribution in [0.2, 0.25) is 0 Å². The first-order valence-corrected chi connectivity index (χ1v) is 5.72. The standard InChI is InChI=1S/C12H12N4O4/c1-7(17)8-2-3-10(11(6-8)16(19)20)15-5-4-9(14-15)12(13)18/h2-7,17H,1H3,(H2,13,18). The first-order valence-electron chi connectivity index (χ1n) is 5.72. The number of aromatic nitrogens is 2. The number of nitro groups is 1. The number of nitrogens with two attached hydrogens (primary N) is 1. The molecule has 0 aliphatic rings. The fraction of sp³-hybridized carbons (Fsp3) is 0.167. The zero-order valence-electron chi connectivity index (χ0n) is 10.6. The first-order chi connectivity index (χ1) is 9.40. The van der Waals surface area contributed by atoms with Crippen molar-refractivity contribution in [1.82, 2.24) is 9.78 Å². The lowest BCUT2D eigenvalue weighted by molar-refractivity contribution is -0.384. The molecule has 20 heavy (non-hydrogen) atoms. The van der Waals surface area contributed by atoms with Crippen molar-refractivity contribution in [3.63, 3.8) is 0 Å². The van der Waals surface area contributed by atoms with Gasteiger partial charge in [-0.3, -0.25) is 14.9 Å². The summed E-state index contributed by atoms with van der Waals surface area (Å²) >= 11 is 0. The summed E-state index contributed by atoms with van der Waals surface area (Å²) in [6.45, 7) is 1.51. The molecular formula is C12H12N4O4. The second-order valence-corrected chi connectivity index (χ2v) is 4.19. The van der Waals surface area contributed by atoms with Gasteiger partial charge in [0.05, 0.1) is 11.0 Å². The molecule has 8 heteroatoms. The second kappa shape index (κ2) is 5.10. The highest BCUT2D eigenvalue weighted by Crippen LogP contribution is 2.26. The Labute approximate surface area is 113 Å². The number of carbonyl (C=O) groups is 1. The maximum atomic E-state index is 11.1. The number of benzene rings is 1. The summed E-state index contributed by atoms with van der Waals surface area (Å²) in [5.74, 6) is -0.716. The smallest absolute Gasteiger partial charge is 0.295 e. The van der Waals surface area contributed by atoms with Gasteiger partial charge in [-0.2, -0.15) is 5.10 Å². The van der Waals surface area contributed by atoms with Crippen molar-refractivity contribution in [3.8, 4) is 5.69 Å². The molecule has 2 rings (SSSR count). The number of primary amides is 1. The number of amides is 1. The molecule has 0 spiro atoms. The van der Waals surface area contributed by atoms with E-state index in [2.05, 4.69) is 5.10 Å². The van der Waals surface area contributed by atoms with Crippen molar-refractivity contribution in [3.05, 3.63) is 51.8 Å². The molecule has 0 saturated carbocycles. The number of rotatable bonds is 4. The van der Waals surface area contributed by atoms with Crippen LogP contribution in [0.25, 0.3) is 5.69 Å². The van der Waals surface area contributed by atoms with Gasteiger partial charge in [0.1, 0.15) is 11.4 Å². The SMILES string of the molecule is CC(O)c1ccc(-n2ccc(C(N)=O)n2)c([N+](=O)[O-])c1. The molecule has 1 amide bonds. The number of carbonyl (C=O) groups excluding carboxylic acids is 1. The Morgan fingerprint density at radius 1 is 1.50 bits per heavy atom. The van der Waals surface area contributed by atoms with E-state index in [-0.39, 0.29) is 17.1 Å². The molecule has 0 radical (unpaired) electrons. The Kier molecular flexibility index (Phi) is 3.49. The molecule has 1 aromatic heterocycles. The van der Waals surface area contributed by atoms with Gasteiger partial charge in [-0.1, -0.05) is 6.07 Å². The van der Waals surface area contributed by atoms with Crippen molar-refractivity contribution in [2.75, 3.05) is 0 Å². The van der Waals surface area contributed by atoms with E-state index < -0.39 is 16.9 Å². The minimum atomic E-state index is -0.818. The van der Waals surface area contributed by atoms with Crippen LogP contribution in [-0.2, 0) is 0 Å². The summed E-state index contributed by atoms with van der Waals surface area (Å²) in [6, 6.07) is 5.65. The minimum Gasteiger partial charge on any atom is -0.389 e. The Morgan fingerprint density at radius 3 is 2.70 bits per heavy atom. The van der Waals surface area contributed by atoms with Crippen molar-refractivity contribution in [2.45, 2.75) is 13.0 Å². The summed E-state index contributed by atoms with van der Waals surface area (Å²) in [6.07, 6.45) is 0.589. The average Bonchev–Trinajstić information content (AvgIpc) is 2.87. The molecule has 2 aromatic rings. The molecule has 0 saturated heterocycles. The largest absolute Gasteiger partial charge is 0.389 e. The third-order valence-corrected chi connectivity index (χ3v) is 2.77. The maximum absolute atomic E-state index is 11.1. The highest BCUT2D eigenvalue weighted by atomic mass is 16.6. The normalized spacial score (nSPS) is 12.1. The minimum absolute atomic E-state index is 0.0129. The van der Waals surface area contributed by atoms with E-state index in [9.17, 15) is 20.0 Å². The highest BCUT2D eigenvalue weighted by Gasteiger charge is 2.19. The second-order valence-electron chi connectivity index (χ2n) is 4.19. The van der Waals surface area contributed by atoms with E-state index in [4.69, 9.17) is 5.73 Å². The predicted octanol–water partition coefficient (Wildman–Crippen LogP) is 0.933. The number of aliphatic hydroxyl groups excluding tert-OH is 1. The molecule has 0 aliphatic carbocycles. The van der Waals surface area contributed by atoms with Gasteiger partial charge in [0.2, 0.25) is 0 Å². The van der Waals surface area contributed by atoms with Crippen LogP contribution in [0.4, 0.5) is 5.69 Å². The third kappa shape index (κ3) is 2.50. The number of aliphatic hydroxyl groups is 1. The van der Waals surface area contributed by atoms with Crippen molar-refractivity contribution in [1.29, 1.82) is 0 Å². The molecular weight excluding hydrogens is 264 g/mol. The monoisotopic (exact) mass is 276 g/mol. The lowest BCUT2D eigenvalue weighted by atomic mass is 10.1. The summed E-state index contributed by atoms with van der Waals surface area (Å²) in [7, 11) is 0. The van der Waals surface area contributed by atoms with E-state index in [1.54, 1.807) is 6.07 Å². The van der Waals surface area contributed by atoms with Crippen molar-refractivity contribution < 1.29 is 14.8 Å². The zero-order valence-corrected chi connectivity index (χ0v) is 10.6. The molecule has 1 heterocycles. The van der Waals surface area contributed by atoms with E-state index in [1.165, 1.54) is 36.0 Å². The van der Waals surface area contributed by atoms with Crippen LogP contribution in [-0.4, -0.2) is 25.7 Å². The summed E-state index contributed by atoms with van der Waals surface area (Å²) < 4.78 is 1.20. The van der Waals surface area contributed by atoms with Gasteiger partial charge in [-0.15, -0.1) is 0 Å². The molecule has 1 atom stereocenters. The molecule has 0 aliphatic heterocycles. The van der Waals surface area contributed by atoms with Crippen LogP contribution in [0.1, 0.15) is 29.1 Å². The molecule has 0 fully saturated rings. The first kappa shape index (κ1) is 13.7. The quantitative estimate of drug-likeness (QED) is 0.635. The Bertz CT molecular complexity index is 678. The Balaban J connectivity index is 2.54. The molecule has 0 bridgehead atoms. The van der Waals surface area contributed by atoms with Gasteiger partial charge in [0.15, 0.2) is 0 Å².